The van der Waals surface area contributed by atoms with Crippen LogP contribution in [0.1, 0.15) is 42.0 Å². The molecule has 0 aliphatic carbocycles. The molecule has 0 radical (unpaired) electrons. The molecule has 0 aliphatic rings. The van der Waals surface area contributed by atoms with Gasteiger partial charge < -0.3 is 10.1 Å². The summed E-state index contributed by atoms with van der Waals surface area (Å²) in [6, 6.07) is 12.9. The van der Waals surface area contributed by atoms with Gasteiger partial charge in [-0.3, -0.25) is 0 Å². The van der Waals surface area contributed by atoms with Gasteiger partial charge in [0.05, 0.1) is 6.04 Å². The van der Waals surface area contributed by atoms with Crippen molar-refractivity contribution in [3.63, 3.8) is 0 Å². The first kappa shape index (κ1) is 15.2. The Balaban J connectivity index is 2.35. The Morgan fingerprint density at radius 2 is 1.90 bits per heavy atom. The van der Waals surface area contributed by atoms with Gasteiger partial charge in [0.15, 0.2) is 0 Å². The predicted octanol–water partition coefficient (Wildman–Crippen LogP) is 4.48. The minimum Gasteiger partial charge on any atom is -0.372 e. The second kappa shape index (κ2) is 7.58. The Hall–Kier alpha value is -1.16. The van der Waals surface area contributed by atoms with Gasteiger partial charge >= 0.3 is 0 Å². The van der Waals surface area contributed by atoms with Crippen molar-refractivity contribution < 1.29 is 4.74 Å². The molecule has 3 heteroatoms. The fraction of sp³-hybridized carbons (Fsp3) is 0.412. The molecule has 0 aliphatic heterocycles. The highest BCUT2D eigenvalue weighted by Gasteiger charge is 2.26. The van der Waals surface area contributed by atoms with Crippen LogP contribution in [-0.4, -0.2) is 13.2 Å². The summed E-state index contributed by atoms with van der Waals surface area (Å²) in [5.74, 6) is 0. The summed E-state index contributed by atoms with van der Waals surface area (Å²) < 4.78 is 6.07. The Labute approximate surface area is 125 Å². The van der Waals surface area contributed by atoms with Crippen LogP contribution in [0.3, 0.4) is 0 Å². The summed E-state index contributed by atoms with van der Waals surface area (Å²) in [5, 5.41) is 5.75. The number of aryl methyl sites for hydroxylation is 1. The SMILES string of the molecule is CCNC(c1sccc1C)C(OCC)c1ccccc1. The maximum atomic E-state index is 6.07. The molecule has 1 N–H and O–H groups in total. The van der Waals surface area contributed by atoms with Crippen LogP contribution >= 0.6 is 11.3 Å². The van der Waals surface area contributed by atoms with Crippen molar-refractivity contribution in [2.24, 2.45) is 0 Å². The summed E-state index contributed by atoms with van der Waals surface area (Å²) in [6.45, 7) is 8.01. The van der Waals surface area contributed by atoms with Crippen LogP contribution in [0.5, 0.6) is 0 Å². The van der Waals surface area contributed by atoms with Gasteiger partial charge in [0.1, 0.15) is 6.10 Å². The number of hydrogen-bond acceptors (Lipinski definition) is 3. The smallest absolute Gasteiger partial charge is 0.103 e. The number of likely N-dealkylation sites (N-methyl/N-ethyl adjacent to an activating group) is 1. The molecule has 1 aromatic carbocycles. The standard InChI is InChI=1S/C17H23NOS/c1-4-18-15(17-13(3)11-12-20-17)16(19-5-2)14-9-7-6-8-10-14/h6-12,15-16,18H,4-5H2,1-3H3. The molecule has 0 fully saturated rings. The lowest BCUT2D eigenvalue weighted by atomic mass is 9.99. The maximum absolute atomic E-state index is 6.07. The monoisotopic (exact) mass is 289 g/mol. The molecule has 2 rings (SSSR count). The van der Waals surface area contributed by atoms with Crippen molar-refractivity contribution in [2.75, 3.05) is 13.2 Å². The van der Waals surface area contributed by atoms with Crippen LogP contribution in [-0.2, 0) is 4.74 Å². The lowest BCUT2D eigenvalue weighted by Crippen LogP contribution is -2.28. The zero-order valence-electron chi connectivity index (χ0n) is 12.4. The van der Waals surface area contributed by atoms with E-state index in [0.29, 0.717) is 6.61 Å². The van der Waals surface area contributed by atoms with Crippen LogP contribution in [0.25, 0.3) is 0 Å². The van der Waals surface area contributed by atoms with Crippen LogP contribution in [0.4, 0.5) is 0 Å². The van der Waals surface area contributed by atoms with Crippen molar-refractivity contribution >= 4 is 11.3 Å². The third-order valence-electron chi connectivity index (χ3n) is 3.39. The summed E-state index contributed by atoms with van der Waals surface area (Å²) >= 11 is 1.80. The zero-order chi connectivity index (χ0) is 14.4. The van der Waals surface area contributed by atoms with Crippen LogP contribution < -0.4 is 5.32 Å². The van der Waals surface area contributed by atoms with E-state index in [0.717, 1.165) is 6.54 Å². The fourth-order valence-electron chi connectivity index (χ4n) is 2.47. The third kappa shape index (κ3) is 3.48. The quantitative estimate of drug-likeness (QED) is 0.811. The number of ether oxygens (including phenoxy) is 1. The van der Waals surface area contributed by atoms with Gasteiger partial charge in [-0.1, -0.05) is 37.3 Å². The average Bonchev–Trinajstić information content (AvgIpc) is 2.90. The average molecular weight is 289 g/mol. The highest BCUT2D eigenvalue weighted by Crippen LogP contribution is 2.36. The van der Waals surface area contributed by atoms with Crippen LogP contribution in [0.15, 0.2) is 41.8 Å². The van der Waals surface area contributed by atoms with E-state index in [1.165, 1.54) is 16.0 Å². The minimum absolute atomic E-state index is 0.0542. The number of benzene rings is 1. The van der Waals surface area contributed by atoms with E-state index in [-0.39, 0.29) is 12.1 Å². The Morgan fingerprint density at radius 3 is 2.45 bits per heavy atom. The van der Waals surface area contributed by atoms with E-state index in [1.807, 2.05) is 6.07 Å². The van der Waals surface area contributed by atoms with Gasteiger partial charge in [-0.2, -0.15) is 0 Å². The molecule has 2 aromatic rings. The molecule has 2 atom stereocenters. The molecule has 1 aromatic heterocycles. The lowest BCUT2D eigenvalue weighted by molar-refractivity contribution is 0.0339. The van der Waals surface area contributed by atoms with E-state index < -0.39 is 0 Å². The van der Waals surface area contributed by atoms with Gasteiger partial charge in [-0.15, -0.1) is 11.3 Å². The van der Waals surface area contributed by atoms with E-state index in [4.69, 9.17) is 4.74 Å². The Morgan fingerprint density at radius 1 is 1.15 bits per heavy atom. The van der Waals surface area contributed by atoms with Crippen molar-refractivity contribution in [1.82, 2.24) is 5.32 Å². The predicted molar refractivity (Wildman–Crippen MR) is 86.3 cm³/mol. The van der Waals surface area contributed by atoms with Gasteiger partial charge in [-0.05, 0) is 43.0 Å². The van der Waals surface area contributed by atoms with E-state index in [2.05, 4.69) is 61.8 Å². The molecule has 0 saturated carbocycles. The summed E-state index contributed by atoms with van der Waals surface area (Å²) in [4.78, 5) is 1.37. The van der Waals surface area contributed by atoms with Crippen molar-refractivity contribution in [2.45, 2.75) is 32.9 Å². The fourth-order valence-corrected chi connectivity index (χ4v) is 3.49. The molecule has 2 nitrogen and oxygen atoms in total. The Bertz CT molecular complexity index is 509. The first-order chi connectivity index (χ1) is 9.77. The second-order valence-electron chi connectivity index (χ2n) is 4.79. The molecule has 20 heavy (non-hydrogen) atoms. The molecule has 0 bridgehead atoms. The van der Waals surface area contributed by atoms with Gasteiger partial charge in [-0.25, -0.2) is 0 Å². The number of rotatable bonds is 7. The van der Waals surface area contributed by atoms with Crippen molar-refractivity contribution in [3.05, 3.63) is 57.8 Å². The van der Waals surface area contributed by atoms with Gasteiger partial charge in [0, 0.05) is 11.5 Å². The van der Waals surface area contributed by atoms with Gasteiger partial charge in [0.25, 0.3) is 0 Å². The summed E-state index contributed by atoms with van der Waals surface area (Å²) in [6.07, 6.45) is 0.0542. The molecule has 0 amide bonds. The van der Waals surface area contributed by atoms with Gasteiger partial charge in [0.2, 0.25) is 0 Å². The summed E-state index contributed by atoms with van der Waals surface area (Å²) in [7, 11) is 0. The maximum Gasteiger partial charge on any atom is 0.103 e. The number of nitrogens with one attached hydrogen (secondary N) is 1. The van der Waals surface area contributed by atoms with Crippen LogP contribution in [0, 0.1) is 6.92 Å². The van der Waals surface area contributed by atoms with Crippen molar-refractivity contribution in [1.29, 1.82) is 0 Å². The molecular formula is C17H23NOS. The summed E-state index contributed by atoms with van der Waals surface area (Å²) in [5.41, 5.74) is 2.56. The molecule has 0 saturated heterocycles. The molecule has 1 heterocycles. The number of hydrogen-bond donors (Lipinski definition) is 1. The normalized spacial score (nSPS) is 14.2. The highest BCUT2D eigenvalue weighted by atomic mass is 32.1. The molecule has 108 valence electrons. The van der Waals surface area contributed by atoms with Crippen molar-refractivity contribution in [3.8, 4) is 0 Å². The molecular weight excluding hydrogens is 266 g/mol. The molecule has 0 spiro atoms. The van der Waals surface area contributed by atoms with Crippen LogP contribution in [0.2, 0.25) is 0 Å². The number of thiophene rings is 1. The zero-order valence-corrected chi connectivity index (χ0v) is 13.2. The third-order valence-corrected chi connectivity index (χ3v) is 4.49. The lowest BCUT2D eigenvalue weighted by Gasteiger charge is -2.28. The Kier molecular flexibility index (Phi) is 5.77. The minimum atomic E-state index is 0.0542. The topological polar surface area (TPSA) is 21.3 Å². The molecule has 2 unspecified atom stereocenters. The first-order valence-corrected chi connectivity index (χ1v) is 8.09. The van der Waals surface area contributed by atoms with E-state index in [9.17, 15) is 0 Å². The second-order valence-corrected chi connectivity index (χ2v) is 5.74. The van der Waals surface area contributed by atoms with E-state index in [1.54, 1.807) is 11.3 Å². The van der Waals surface area contributed by atoms with E-state index >= 15 is 0 Å². The largest absolute Gasteiger partial charge is 0.372 e. The highest BCUT2D eigenvalue weighted by molar-refractivity contribution is 7.10. The first-order valence-electron chi connectivity index (χ1n) is 7.21.